The molecule has 0 bridgehead atoms. The lowest BCUT2D eigenvalue weighted by Crippen LogP contribution is -2.40. The minimum Gasteiger partial charge on any atom is -0.348 e. The summed E-state index contributed by atoms with van der Waals surface area (Å²) in [4.78, 5) is 41.2. The summed E-state index contributed by atoms with van der Waals surface area (Å²) in [5.74, 6) is 0.731. The van der Waals surface area contributed by atoms with Crippen LogP contribution in [0.25, 0.3) is 11.0 Å². The molecule has 7 nitrogen and oxygen atoms in total. The Hall–Kier alpha value is -2.44. The minimum atomic E-state index is -0.460. The Labute approximate surface area is 145 Å². The van der Waals surface area contributed by atoms with E-state index in [0.717, 1.165) is 23.8 Å². The third kappa shape index (κ3) is 2.99. The molecule has 7 heteroatoms. The van der Waals surface area contributed by atoms with Gasteiger partial charge in [0.1, 0.15) is 11.3 Å². The normalized spacial score (nSPS) is 20.4. The lowest BCUT2D eigenvalue weighted by molar-refractivity contribution is 0.0917. The van der Waals surface area contributed by atoms with Crippen molar-refractivity contribution < 1.29 is 4.79 Å². The number of carbonyl (C=O) groups is 1. The first-order chi connectivity index (χ1) is 11.8. The highest BCUT2D eigenvalue weighted by Gasteiger charge is 2.31. The van der Waals surface area contributed by atoms with Crippen LogP contribution in [0.15, 0.2) is 21.7 Å². The average molecular weight is 344 g/mol. The second-order valence-electron chi connectivity index (χ2n) is 7.19. The van der Waals surface area contributed by atoms with Gasteiger partial charge < -0.3 is 5.32 Å². The molecule has 2 aromatic rings. The molecule has 3 rings (SSSR count). The van der Waals surface area contributed by atoms with E-state index < -0.39 is 11.2 Å². The van der Waals surface area contributed by atoms with E-state index in [-0.39, 0.29) is 23.3 Å². The quantitative estimate of drug-likeness (QED) is 0.906. The maximum absolute atomic E-state index is 12.6. The van der Waals surface area contributed by atoms with E-state index in [4.69, 9.17) is 0 Å². The molecule has 0 unspecified atom stereocenters. The minimum absolute atomic E-state index is 0.150. The van der Waals surface area contributed by atoms with Gasteiger partial charge in [0, 0.05) is 20.1 Å². The first-order valence-corrected chi connectivity index (χ1v) is 8.69. The molecule has 0 radical (unpaired) electrons. The number of hydrogen-bond acceptors (Lipinski definition) is 4. The van der Waals surface area contributed by atoms with Gasteiger partial charge in [0.25, 0.3) is 11.5 Å². The van der Waals surface area contributed by atoms with Crippen molar-refractivity contribution >= 4 is 16.9 Å². The molecule has 1 fully saturated rings. The van der Waals surface area contributed by atoms with Crippen LogP contribution < -0.4 is 16.6 Å². The van der Waals surface area contributed by atoms with Crippen LogP contribution in [0.5, 0.6) is 0 Å². The van der Waals surface area contributed by atoms with Crippen LogP contribution in [-0.4, -0.2) is 26.1 Å². The maximum atomic E-state index is 12.6. The predicted molar refractivity (Wildman–Crippen MR) is 95.7 cm³/mol. The molecule has 2 aromatic heterocycles. The third-order valence-electron chi connectivity index (χ3n) is 5.28. The van der Waals surface area contributed by atoms with Crippen molar-refractivity contribution in [2.45, 2.75) is 39.2 Å². The smallest absolute Gasteiger partial charge is 0.332 e. The van der Waals surface area contributed by atoms with Gasteiger partial charge in [-0.05, 0) is 36.8 Å². The lowest BCUT2D eigenvalue weighted by Gasteiger charge is -2.24. The number of rotatable bonds is 3. The molecule has 0 saturated heterocycles. The SMILES string of the molecule is CC(C)[C@@H]1CCC[C@H]1NC(=O)c1ccc2c(=O)n(C)c(=O)n(C)c2n1. The van der Waals surface area contributed by atoms with Crippen LogP contribution in [0.2, 0.25) is 0 Å². The molecule has 25 heavy (non-hydrogen) atoms. The zero-order valence-corrected chi connectivity index (χ0v) is 15.1. The topological polar surface area (TPSA) is 86.0 Å². The van der Waals surface area contributed by atoms with Crippen LogP contribution in [0.1, 0.15) is 43.6 Å². The number of carbonyl (C=O) groups excluding carboxylic acids is 1. The summed E-state index contributed by atoms with van der Waals surface area (Å²) < 4.78 is 2.33. The molecular formula is C18H24N4O3. The first kappa shape index (κ1) is 17.4. The number of nitrogens with one attached hydrogen (secondary N) is 1. The molecule has 1 aliphatic carbocycles. The Bertz CT molecular complexity index is 942. The van der Waals surface area contributed by atoms with Gasteiger partial charge in [0.05, 0.1) is 5.39 Å². The van der Waals surface area contributed by atoms with Gasteiger partial charge in [-0.1, -0.05) is 20.3 Å². The number of hydrogen-bond donors (Lipinski definition) is 1. The van der Waals surface area contributed by atoms with Gasteiger partial charge in [0.15, 0.2) is 0 Å². The fourth-order valence-corrected chi connectivity index (χ4v) is 3.79. The van der Waals surface area contributed by atoms with Gasteiger partial charge in [-0.15, -0.1) is 0 Å². The molecule has 1 saturated carbocycles. The average Bonchev–Trinajstić information content (AvgIpc) is 3.05. The predicted octanol–water partition coefficient (Wildman–Crippen LogP) is 1.19. The van der Waals surface area contributed by atoms with Gasteiger partial charge in [-0.25, -0.2) is 9.78 Å². The van der Waals surface area contributed by atoms with E-state index in [1.165, 1.54) is 11.6 Å². The fraction of sp³-hybridized carbons (Fsp3) is 0.556. The van der Waals surface area contributed by atoms with E-state index in [9.17, 15) is 14.4 Å². The monoisotopic (exact) mass is 344 g/mol. The van der Waals surface area contributed by atoms with Crippen LogP contribution in [0, 0.1) is 11.8 Å². The summed E-state index contributed by atoms with van der Waals surface area (Å²) >= 11 is 0. The van der Waals surface area contributed by atoms with Crippen molar-refractivity contribution in [2.75, 3.05) is 0 Å². The highest BCUT2D eigenvalue weighted by molar-refractivity contribution is 5.94. The van der Waals surface area contributed by atoms with Gasteiger partial charge >= 0.3 is 5.69 Å². The standard InChI is InChI=1S/C18H24N4O3/c1-10(2)11-6-5-7-13(11)20-16(23)14-9-8-12-15(19-14)21(3)18(25)22(4)17(12)24/h8-11,13H,5-7H2,1-4H3,(H,20,23)/t11-,13+/m0/s1. The van der Waals surface area contributed by atoms with Crippen LogP contribution in [0.4, 0.5) is 0 Å². The van der Waals surface area contributed by atoms with Gasteiger partial charge in [0.2, 0.25) is 0 Å². The molecule has 1 N–H and O–H groups in total. The summed E-state index contributed by atoms with van der Waals surface area (Å²) in [7, 11) is 2.97. The number of pyridine rings is 1. The third-order valence-corrected chi connectivity index (χ3v) is 5.28. The Balaban J connectivity index is 1.95. The summed E-state index contributed by atoms with van der Waals surface area (Å²) in [6.07, 6.45) is 3.21. The molecule has 1 amide bonds. The first-order valence-electron chi connectivity index (χ1n) is 8.69. The molecule has 0 spiro atoms. The van der Waals surface area contributed by atoms with Crippen LogP contribution in [0.3, 0.4) is 0 Å². The summed E-state index contributed by atoms with van der Waals surface area (Å²) in [6.45, 7) is 4.35. The zero-order chi connectivity index (χ0) is 18.3. The molecular weight excluding hydrogens is 320 g/mol. The highest BCUT2D eigenvalue weighted by Crippen LogP contribution is 2.31. The number of nitrogens with zero attached hydrogens (tertiary/aromatic N) is 3. The van der Waals surface area contributed by atoms with E-state index in [1.807, 2.05) is 0 Å². The highest BCUT2D eigenvalue weighted by atomic mass is 16.2. The van der Waals surface area contributed by atoms with Gasteiger partial charge in [-0.3, -0.25) is 18.7 Å². The molecule has 2 atom stereocenters. The number of aromatic nitrogens is 3. The lowest BCUT2D eigenvalue weighted by atomic mass is 9.91. The second-order valence-corrected chi connectivity index (χ2v) is 7.19. The molecule has 0 aromatic carbocycles. The molecule has 134 valence electrons. The second kappa shape index (κ2) is 6.46. The van der Waals surface area contributed by atoms with Crippen molar-refractivity contribution in [2.24, 2.45) is 25.9 Å². The largest absolute Gasteiger partial charge is 0.348 e. The van der Waals surface area contributed by atoms with Crippen molar-refractivity contribution in [3.05, 3.63) is 38.7 Å². The van der Waals surface area contributed by atoms with E-state index in [0.29, 0.717) is 17.2 Å². The summed E-state index contributed by atoms with van der Waals surface area (Å²) in [5, 5.41) is 3.40. The number of fused-ring (bicyclic) bond motifs is 1. The fourth-order valence-electron chi connectivity index (χ4n) is 3.79. The maximum Gasteiger partial charge on any atom is 0.332 e. The summed E-state index contributed by atoms with van der Waals surface area (Å²) in [5.41, 5.74) is -0.413. The molecule has 1 aliphatic rings. The Morgan fingerprint density at radius 2 is 1.92 bits per heavy atom. The van der Waals surface area contributed by atoms with E-state index >= 15 is 0 Å². The van der Waals surface area contributed by atoms with E-state index in [1.54, 1.807) is 19.2 Å². The van der Waals surface area contributed by atoms with Crippen molar-refractivity contribution in [3.8, 4) is 0 Å². The van der Waals surface area contributed by atoms with Crippen molar-refractivity contribution in [1.82, 2.24) is 19.4 Å². The molecule has 2 heterocycles. The Morgan fingerprint density at radius 3 is 2.60 bits per heavy atom. The number of amides is 1. The van der Waals surface area contributed by atoms with Crippen LogP contribution in [-0.2, 0) is 14.1 Å². The van der Waals surface area contributed by atoms with E-state index in [2.05, 4.69) is 24.1 Å². The summed E-state index contributed by atoms with van der Waals surface area (Å²) in [6, 6.07) is 3.26. The van der Waals surface area contributed by atoms with Gasteiger partial charge in [-0.2, -0.15) is 0 Å². The molecule has 0 aliphatic heterocycles. The van der Waals surface area contributed by atoms with Crippen LogP contribution >= 0.6 is 0 Å². The Morgan fingerprint density at radius 1 is 1.20 bits per heavy atom. The zero-order valence-electron chi connectivity index (χ0n) is 15.1. The van der Waals surface area contributed by atoms with Crippen molar-refractivity contribution in [3.63, 3.8) is 0 Å². The number of aryl methyl sites for hydroxylation is 1. The van der Waals surface area contributed by atoms with Crippen molar-refractivity contribution in [1.29, 1.82) is 0 Å². The Kier molecular flexibility index (Phi) is 4.49.